The number of anilines is 2. The van der Waals surface area contributed by atoms with Gasteiger partial charge < -0.3 is 10.6 Å². The van der Waals surface area contributed by atoms with Crippen LogP contribution in [0.2, 0.25) is 0 Å². The summed E-state index contributed by atoms with van der Waals surface area (Å²) < 4.78 is 0. The fraction of sp³-hybridized carbons (Fsp3) is 0.316. The smallest absolute Gasteiger partial charge is 0.232 e. The quantitative estimate of drug-likeness (QED) is 0.891. The van der Waals surface area contributed by atoms with Crippen molar-refractivity contribution < 1.29 is 4.79 Å². The predicted octanol–water partition coefficient (Wildman–Crippen LogP) is 4.18. The summed E-state index contributed by atoms with van der Waals surface area (Å²) >= 11 is 0. The van der Waals surface area contributed by atoms with E-state index in [4.69, 9.17) is 0 Å². The second kappa shape index (κ2) is 6.22. The Kier molecular flexibility index (Phi) is 4.14. The largest absolute Gasteiger partial charge is 0.382 e. The first-order chi connectivity index (χ1) is 10.7. The summed E-state index contributed by atoms with van der Waals surface area (Å²) in [5.74, 6) is -0.0148. The zero-order chi connectivity index (χ0) is 15.5. The van der Waals surface area contributed by atoms with Crippen LogP contribution in [0.25, 0.3) is 0 Å². The summed E-state index contributed by atoms with van der Waals surface area (Å²) in [5, 5.41) is 6.58. The third-order valence-electron chi connectivity index (χ3n) is 4.30. The second-order valence-electron chi connectivity index (χ2n) is 5.92. The van der Waals surface area contributed by atoms with E-state index >= 15 is 0 Å². The number of rotatable bonds is 3. The van der Waals surface area contributed by atoms with Crippen LogP contribution < -0.4 is 10.6 Å². The molecule has 0 saturated carbocycles. The number of aryl methyl sites for hydroxylation is 1. The molecule has 2 unspecified atom stereocenters. The number of nitrogens with one attached hydrogen (secondary N) is 2. The van der Waals surface area contributed by atoms with E-state index < -0.39 is 0 Å². The summed E-state index contributed by atoms with van der Waals surface area (Å²) in [6, 6.07) is 16.4. The molecule has 2 aromatic carbocycles. The predicted molar refractivity (Wildman–Crippen MR) is 91.3 cm³/mol. The molecule has 0 bridgehead atoms. The molecule has 0 aromatic heterocycles. The molecule has 0 radical (unpaired) electrons. The van der Waals surface area contributed by atoms with Crippen molar-refractivity contribution in [1.82, 2.24) is 0 Å². The Morgan fingerprint density at radius 1 is 1.18 bits per heavy atom. The fourth-order valence-corrected chi connectivity index (χ4v) is 3.16. The van der Waals surface area contributed by atoms with Crippen LogP contribution in [0, 0.1) is 0 Å². The van der Waals surface area contributed by atoms with Crippen molar-refractivity contribution in [2.45, 2.75) is 38.6 Å². The zero-order valence-corrected chi connectivity index (χ0v) is 13.1. The number of benzene rings is 2. The van der Waals surface area contributed by atoms with Gasteiger partial charge in [0.25, 0.3) is 0 Å². The van der Waals surface area contributed by atoms with Crippen molar-refractivity contribution in [3.63, 3.8) is 0 Å². The highest BCUT2D eigenvalue weighted by Crippen LogP contribution is 2.35. The molecule has 3 nitrogen and oxygen atoms in total. The molecule has 0 aliphatic carbocycles. The van der Waals surface area contributed by atoms with Gasteiger partial charge in [0.15, 0.2) is 0 Å². The first kappa shape index (κ1) is 14.6. The van der Waals surface area contributed by atoms with Crippen molar-refractivity contribution in [3.05, 3.63) is 59.7 Å². The Morgan fingerprint density at radius 2 is 1.91 bits per heavy atom. The minimum Gasteiger partial charge on any atom is -0.382 e. The topological polar surface area (TPSA) is 41.1 Å². The minimum atomic E-state index is -0.0997. The van der Waals surface area contributed by atoms with Crippen LogP contribution in [0.1, 0.15) is 37.3 Å². The number of hydrogen-bond acceptors (Lipinski definition) is 2. The van der Waals surface area contributed by atoms with E-state index in [0.29, 0.717) is 6.04 Å². The van der Waals surface area contributed by atoms with Gasteiger partial charge in [0.05, 0.1) is 5.92 Å². The molecule has 0 saturated heterocycles. The lowest BCUT2D eigenvalue weighted by molar-refractivity contribution is -0.117. The van der Waals surface area contributed by atoms with E-state index in [1.165, 1.54) is 5.56 Å². The lowest BCUT2D eigenvalue weighted by atomic mass is 9.86. The van der Waals surface area contributed by atoms with Gasteiger partial charge in [-0.3, -0.25) is 4.79 Å². The number of carbonyl (C=O) groups is 1. The maximum absolute atomic E-state index is 12.8. The van der Waals surface area contributed by atoms with E-state index in [1.807, 2.05) is 42.5 Å². The molecule has 1 aliphatic rings. The van der Waals surface area contributed by atoms with Crippen LogP contribution in [0.5, 0.6) is 0 Å². The van der Waals surface area contributed by atoms with Crippen molar-refractivity contribution >= 4 is 17.3 Å². The van der Waals surface area contributed by atoms with Crippen LogP contribution in [-0.4, -0.2) is 11.9 Å². The third kappa shape index (κ3) is 2.84. The standard InChI is InChI=1S/C19H22N2O/c1-3-14-8-4-6-10-17(14)21-19(22)16-12-13(2)20-18-11-7-5-9-15(16)18/h4-11,13,16,20H,3,12H2,1-2H3,(H,21,22). The zero-order valence-electron chi connectivity index (χ0n) is 13.1. The van der Waals surface area contributed by atoms with Gasteiger partial charge in [-0.25, -0.2) is 0 Å². The van der Waals surface area contributed by atoms with E-state index in [1.54, 1.807) is 0 Å². The highest BCUT2D eigenvalue weighted by molar-refractivity contribution is 5.97. The second-order valence-corrected chi connectivity index (χ2v) is 5.92. The van der Waals surface area contributed by atoms with Crippen LogP contribution in [0.15, 0.2) is 48.5 Å². The molecule has 1 amide bonds. The van der Waals surface area contributed by atoms with Crippen LogP contribution >= 0.6 is 0 Å². The van der Waals surface area contributed by atoms with Gasteiger partial charge in [-0.1, -0.05) is 43.3 Å². The van der Waals surface area contributed by atoms with Crippen LogP contribution in [0.3, 0.4) is 0 Å². The molecule has 0 spiro atoms. The highest BCUT2D eigenvalue weighted by Gasteiger charge is 2.29. The van der Waals surface area contributed by atoms with Gasteiger partial charge in [-0.15, -0.1) is 0 Å². The first-order valence-corrected chi connectivity index (χ1v) is 7.93. The number of carbonyl (C=O) groups excluding carboxylic acids is 1. The molecular formula is C19H22N2O. The summed E-state index contributed by atoms with van der Waals surface area (Å²) in [6.45, 7) is 4.23. The average molecular weight is 294 g/mol. The molecule has 114 valence electrons. The maximum Gasteiger partial charge on any atom is 0.232 e. The Bertz CT molecular complexity index is 681. The summed E-state index contributed by atoms with van der Waals surface area (Å²) in [7, 11) is 0. The van der Waals surface area contributed by atoms with Gasteiger partial charge in [0.1, 0.15) is 0 Å². The van der Waals surface area contributed by atoms with Gasteiger partial charge in [0, 0.05) is 17.4 Å². The van der Waals surface area contributed by atoms with Crippen molar-refractivity contribution in [2.24, 2.45) is 0 Å². The maximum atomic E-state index is 12.8. The molecule has 3 heteroatoms. The summed E-state index contributed by atoms with van der Waals surface area (Å²) in [6.07, 6.45) is 1.73. The monoisotopic (exact) mass is 294 g/mol. The SMILES string of the molecule is CCc1ccccc1NC(=O)C1CC(C)Nc2ccccc21. The molecule has 2 aromatic rings. The molecule has 2 atom stereocenters. The first-order valence-electron chi connectivity index (χ1n) is 7.93. The lowest BCUT2D eigenvalue weighted by Crippen LogP contribution is -2.32. The number of amides is 1. The van der Waals surface area contributed by atoms with Crippen molar-refractivity contribution in [3.8, 4) is 0 Å². The van der Waals surface area contributed by atoms with Gasteiger partial charge in [0.2, 0.25) is 5.91 Å². The van der Waals surface area contributed by atoms with E-state index in [-0.39, 0.29) is 11.8 Å². The van der Waals surface area contributed by atoms with Crippen molar-refractivity contribution in [1.29, 1.82) is 0 Å². The molecule has 0 fully saturated rings. The van der Waals surface area contributed by atoms with Crippen molar-refractivity contribution in [2.75, 3.05) is 10.6 Å². The Balaban J connectivity index is 1.86. The molecule has 1 heterocycles. The van der Waals surface area contributed by atoms with Crippen LogP contribution in [-0.2, 0) is 11.2 Å². The van der Waals surface area contributed by atoms with Crippen LogP contribution in [0.4, 0.5) is 11.4 Å². The molecule has 1 aliphatic heterocycles. The molecule has 22 heavy (non-hydrogen) atoms. The summed E-state index contributed by atoms with van der Waals surface area (Å²) in [5.41, 5.74) is 4.27. The average Bonchev–Trinajstić information content (AvgIpc) is 2.54. The van der Waals surface area contributed by atoms with Gasteiger partial charge >= 0.3 is 0 Å². The van der Waals surface area contributed by atoms with Gasteiger partial charge in [-0.05, 0) is 43.0 Å². The van der Waals surface area contributed by atoms with E-state index in [2.05, 4.69) is 30.5 Å². The highest BCUT2D eigenvalue weighted by atomic mass is 16.1. The van der Waals surface area contributed by atoms with Gasteiger partial charge in [-0.2, -0.15) is 0 Å². The number of para-hydroxylation sites is 2. The summed E-state index contributed by atoms with van der Waals surface area (Å²) in [4.78, 5) is 12.8. The Labute approximate surface area is 131 Å². The Morgan fingerprint density at radius 3 is 2.73 bits per heavy atom. The molecular weight excluding hydrogens is 272 g/mol. The molecule has 3 rings (SSSR count). The van der Waals surface area contributed by atoms with E-state index in [9.17, 15) is 4.79 Å². The normalized spacial score (nSPS) is 19.9. The minimum absolute atomic E-state index is 0.0849. The van der Waals surface area contributed by atoms with E-state index in [0.717, 1.165) is 29.8 Å². The third-order valence-corrected chi connectivity index (χ3v) is 4.30. The number of hydrogen-bond donors (Lipinski definition) is 2. The fourth-order valence-electron chi connectivity index (χ4n) is 3.16. The molecule has 2 N–H and O–H groups in total. The number of fused-ring (bicyclic) bond motifs is 1. The Hall–Kier alpha value is -2.29. The lowest BCUT2D eigenvalue weighted by Gasteiger charge is -2.30.